The average molecular weight is 462 g/mol. The van der Waals surface area contributed by atoms with E-state index in [1.54, 1.807) is 4.68 Å². The molecule has 0 bridgehead atoms. The molecule has 6 heteroatoms. The lowest BCUT2D eigenvalue weighted by atomic mass is 9.86. The maximum absolute atomic E-state index is 13.1. The summed E-state index contributed by atoms with van der Waals surface area (Å²) >= 11 is 0. The van der Waals surface area contributed by atoms with Gasteiger partial charge in [0.25, 0.3) is 0 Å². The molecule has 4 aromatic rings. The molecule has 3 nitrogen and oxygen atoms in total. The molecule has 0 spiro atoms. The van der Waals surface area contributed by atoms with Crippen LogP contribution in [0.3, 0.4) is 0 Å². The molecule has 0 atom stereocenters. The number of halogens is 3. The summed E-state index contributed by atoms with van der Waals surface area (Å²) in [6.45, 7) is 0.819. The third-order valence-corrected chi connectivity index (χ3v) is 6.45. The molecule has 0 amide bonds. The van der Waals surface area contributed by atoms with E-state index in [9.17, 15) is 13.2 Å². The maximum Gasteiger partial charge on any atom is 0.416 e. The summed E-state index contributed by atoms with van der Waals surface area (Å²) in [6, 6.07) is 26.0. The van der Waals surface area contributed by atoms with Crippen molar-refractivity contribution in [2.45, 2.75) is 37.8 Å². The Bertz CT molecular complexity index is 1190. The van der Waals surface area contributed by atoms with Gasteiger partial charge in [-0.05, 0) is 54.7 Å². The molecule has 3 aromatic carbocycles. The molecule has 5 rings (SSSR count). The SMILES string of the molecule is FC(F)(F)c1ccc(-n2nc(CC(c3ccccc3)c3ccccc3)c3c2NCCCC3)cc1. The largest absolute Gasteiger partial charge is 0.416 e. The lowest BCUT2D eigenvalue weighted by Crippen LogP contribution is -2.09. The fourth-order valence-electron chi connectivity index (χ4n) is 4.71. The second kappa shape index (κ2) is 9.37. The van der Waals surface area contributed by atoms with E-state index in [0.29, 0.717) is 12.1 Å². The van der Waals surface area contributed by atoms with Gasteiger partial charge in [0.1, 0.15) is 5.82 Å². The number of fused-ring (bicyclic) bond motifs is 1. The Labute approximate surface area is 197 Å². The zero-order valence-electron chi connectivity index (χ0n) is 18.7. The summed E-state index contributed by atoms with van der Waals surface area (Å²) in [5.41, 5.74) is 4.55. The Kier molecular flexibility index (Phi) is 6.14. The Morgan fingerprint density at radius 3 is 2.03 bits per heavy atom. The fourth-order valence-corrected chi connectivity index (χ4v) is 4.71. The van der Waals surface area contributed by atoms with Crippen LogP contribution in [0, 0.1) is 0 Å². The van der Waals surface area contributed by atoms with Crippen molar-refractivity contribution < 1.29 is 13.2 Å². The van der Waals surface area contributed by atoms with Crippen LogP contribution in [0.4, 0.5) is 19.0 Å². The first-order chi connectivity index (χ1) is 16.5. The van der Waals surface area contributed by atoms with Gasteiger partial charge in [-0.15, -0.1) is 0 Å². The summed E-state index contributed by atoms with van der Waals surface area (Å²) in [6.07, 6.45) is -0.656. The number of aromatic nitrogens is 2. The molecule has 1 aromatic heterocycles. The summed E-state index contributed by atoms with van der Waals surface area (Å²) in [4.78, 5) is 0. The molecule has 34 heavy (non-hydrogen) atoms. The normalized spacial score (nSPS) is 13.9. The van der Waals surface area contributed by atoms with Crippen molar-refractivity contribution in [2.24, 2.45) is 0 Å². The van der Waals surface area contributed by atoms with Gasteiger partial charge in [0, 0.05) is 24.4 Å². The first-order valence-electron chi connectivity index (χ1n) is 11.6. The zero-order valence-corrected chi connectivity index (χ0v) is 18.7. The van der Waals surface area contributed by atoms with E-state index in [4.69, 9.17) is 5.10 Å². The van der Waals surface area contributed by atoms with E-state index in [0.717, 1.165) is 55.0 Å². The smallest absolute Gasteiger partial charge is 0.370 e. The molecule has 2 heterocycles. The fraction of sp³-hybridized carbons (Fsp3) is 0.250. The Morgan fingerprint density at radius 2 is 1.44 bits per heavy atom. The highest BCUT2D eigenvalue weighted by molar-refractivity contribution is 5.55. The highest BCUT2D eigenvalue weighted by Crippen LogP contribution is 2.35. The number of anilines is 1. The van der Waals surface area contributed by atoms with Gasteiger partial charge in [-0.2, -0.15) is 18.3 Å². The summed E-state index contributed by atoms with van der Waals surface area (Å²) in [7, 11) is 0. The maximum atomic E-state index is 13.1. The van der Waals surface area contributed by atoms with Gasteiger partial charge in [0.2, 0.25) is 0 Å². The number of benzene rings is 3. The van der Waals surface area contributed by atoms with Crippen LogP contribution in [0.1, 0.15) is 46.7 Å². The van der Waals surface area contributed by atoms with Gasteiger partial charge >= 0.3 is 6.18 Å². The van der Waals surface area contributed by atoms with Crippen molar-refractivity contribution in [3.63, 3.8) is 0 Å². The second-order valence-corrected chi connectivity index (χ2v) is 8.69. The predicted molar refractivity (Wildman–Crippen MR) is 128 cm³/mol. The molecule has 0 unspecified atom stereocenters. The first kappa shape index (κ1) is 22.3. The molecule has 1 N–H and O–H groups in total. The average Bonchev–Trinajstić information content (AvgIpc) is 3.02. The van der Waals surface area contributed by atoms with Crippen LogP contribution in [0.5, 0.6) is 0 Å². The number of nitrogens with one attached hydrogen (secondary N) is 1. The van der Waals surface area contributed by atoms with Crippen LogP contribution >= 0.6 is 0 Å². The molecule has 0 saturated carbocycles. The molecule has 0 aliphatic carbocycles. The van der Waals surface area contributed by atoms with Gasteiger partial charge in [-0.3, -0.25) is 0 Å². The van der Waals surface area contributed by atoms with E-state index in [1.807, 2.05) is 36.4 Å². The van der Waals surface area contributed by atoms with E-state index in [1.165, 1.54) is 23.3 Å². The summed E-state index contributed by atoms with van der Waals surface area (Å²) in [5.74, 6) is 1.03. The third kappa shape index (κ3) is 4.58. The highest BCUT2D eigenvalue weighted by Gasteiger charge is 2.30. The zero-order chi connectivity index (χ0) is 23.5. The van der Waals surface area contributed by atoms with Crippen molar-refractivity contribution >= 4 is 5.82 Å². The van der Waals surface area contributed by atoms with Crippen LogP contribution in [-0.4, -0.2) is 16.3 Å². The van der Waals surface area contributed by atoms with Gasteiger partial charge in [-0.25, -0.2) is 4.68 Å². The molecular weight excluding hydrogens is 435 g/mol. The Hall–Kier alpha value is -3.54. The van der Waals surface area contributed by atoms with Gasteiger partial charge in [-0.1, -0.05) is 60.7 Å². The van der Waals surface area contributed by atoms with Crippen LogP contribution in [-0.2, 0) is 19.0 Å². The molecule has 1 aliphatic heterocycles. The quantitative estimate of drug-likeness (QED) is 0.346. The number of rotatable bonds is 5. The second-order valence-electron chi connectivity index (χ2n) is 8.69. The van der Waals surface area contributed by atoms with E-state index in [-0.39, 0.29) is 5.92 Å². The minimum Gasteiger partial charge on any atom is -0.370 e. The van der Waals surface area contributed by atoms with Crippen molar-refractivity contribution in [2.75, 3.05) is 11.9 Å². The topological polar surface area (TPSA) is 29.9 Å². The van der Waals surface area contributed by atoms with Gasteiger partial charge in [0.05, 0.1) is 16.9 Å². The molecule has 0 saturated heterocycles. The van der Waals surface area contributed by atoms with Gasteiger partial charge < -0.3 is 5.32 Å². The van der Waals surface area contributed by atoms with Gasteiger partial charge in [0.15, 0.2) is 0 Å². The summed E-state index contributed by atoms with van der Waals surface area (Å²) in [5, 5.41) is 8.45. The number of nitrogens with zero attached hydrogens (tertiary/aromatic N) is 2. The molecular formula is C28H26F3N3. The van der Waals surface area contributed by atoms with E-state index >= 15 is 0 Å². The number of hydrogen-bond acceptors (Lipinski definition) is 2. The predicted octanol–water partition coefficient (Wildman–Crippen LogP) is 7.01. The van der Waals surface area contributed by atoms with Crippen molar-refractivity contribution in [1.29, 1.82) is 0 Å². The minimum atomic E-state index is -4.36. The van der Waals surface area contributed by atoms with Crippen LogP contribution < -0.4 is 5.32 Å². The highest BCUT2D eigenvalue weighted by atomic mass is 19.4. The van der Waals surface area contributed by atoms with Crippen LogP contribution in [0.15, 0.2) is 84.9 Å². The summed E-state index contributed by atoms with van der Waals surface area (Å²) < 4.78 is 41.0. The molecule has 0 fully saturated rings. The van der Waals surface area contributed by atoms with Crippen LogP contribution in [0.25, 0.3) is 5.69 Å². The lowest BCUT2D eigenvalue weighted by Gasteiger charge is -2.18. The van der Waals surface area contributed by atoms with Crippen molar-refractivity contribution in [1.82, 2.24) is 9.78 Å². The Morgan fingerprint density at radius 1 is 0.824 bits per heavy atom. The van der Waals surface area contributed by atoms with E-state index in [2.05, 4.69) is 29.6 Å². The number of alkyl halides is 3. The Balaban J connectivity index is 1.57. The van der Waals surface area contributed by atoms with E-state index < -0.39 is 11.7 Å². The van der Waals surface area contributed by atoms with Crippen molar-refractivity contribution in [3.8, 4) is 5.69 Å². The minimum absolute atomic E-state index is 0.130. The molecule has 1 aliphatic rings. The first-order valence-corrected chi connectivity index (χ1v) is 11.6. The molecule has 0 radical (unpaired) electrons. The standard InChI is InChI=1S/C28H26F3N3/c29-28(30,31)22-14-16-23(17-15-22)34-27-24(13-7-8-18-32-27)26(33-34)19-25(20-9-3-1-4-10-20)21-11-5-2-6-12-21/h1-6,9-12,14-17,25,32H,7-8,13,18-19H2. The molecule has 174 valence electrons. The lowest BCUT2D eigenvalue weighted by molar-refractivity contribution is -0.137. The monoisotopic (exact) mass is 461 g/mol. The van der Waals surface area contributed by atoms with Crippen molar-refractivity contribution in [3.05, 3.63) is 113 Å². The number of hydrogen-bond donors (Lipinski definition) is 1. The van der Waals surface area contributed by atoms with Crippen LogP contribution in [0.2, 0.25) is 0 Å². The third-order valence-electron chi connectivity index (χ3n) is 6.45.